The van der Waals surface area contributed by atoms with E-state index in [2.05, 4.69) is 18.6 Å². The Bertz CT molecular complexity index is 522. The van der Waals surface area contributed by atoms with Crippen LogP contribution >= 0.6 is 0 Å². The Morgan fingerprint density at radius 2 is 1.89 bits per heavy atom. The highest BCUT2D eigenvalue weighted by Crippen LogP contribution is 2.25. The summed E-state index contributed by atoms with van der Waals surface area (Å²) in [6.07, 6.45) is 0.810. The van der Waals surface area contributed by atoms with E-state index in [0.29, 0.717) is 23.7 Å². The van der Waals surface area contributed by atoms with Crippen LogP contribution in [0.5, 0.6) is 0 Å². The predicted octanol–water partition coefficient (Wildman–Crippen LogP) is 2.21. The van der Waals surface area contributed by atoms with Crippen molar-refractivity contribution in [2.24, 2.45) is 5.92 Å². The van der Waals surface area contributed by atoms with Crippen LogP contribution in [0.2, 0.25) is 0 Å². The summed E-state index contributed by atoms with van der Waals surface area (Å²) in [5, 5.41) is 0. The van der Waals surface area contributed by atoms with Crippen molar-refractivity contribution in [3.05, 3.63) is 23.3 Å². The maximum atomic E-state index is 12.2. The van der Waals surface area contributed by atoms with Crippen LogP contribution in [0.4, 0.5) is 5.69 Å². The van der Waals surface area contributed by atoms with Crippen LogP contribution < -0.4 is 10.5 Å². The number of anilines is 1. The van der Waals surface area contributed by atoms with Crippen molar-refractivity contribution in [1.82, 2.24) is 4.72 Å². The largest absolute Gasteiger partial charge is 0.398 e. The molecule has 0 fully saturated rings. The third-order valence-corrected chi connectivity index (χ3v) is 4.65. The van der Waals surface area contributed by atoms with E-state index >= 15 is 0 Å². The fraction of sp³-hybridized carbons (Fsp3) is 0.538. The molecule has 0 saturated heterocycles. The van der Waals surface area contributed by atoms with E-state index in [0.717, 1.165) is 12.0 Å². The van der Waals surface area contributed by atoms with Crippen LogP contribution in [-0.2, 0) is 10.0 Å². The highest BCUT2D eigenvalue weighted by atomic mass is 32.2. The zero-order valence-electron chi connectivity index (χ0n) is 11.4. The molecule has 0 heterocycles. The summed E-state index contributed by atoms with van der Waals surface area (Å²) < 4.78 is 27.0. The van der Waals surface area contributed by atoms with Crippen molar-refractivity contribution in [3.8, 4) is 0 Å². The summed E-state index contributed by atoms with van der Waals surface area (Å²) in [5.41, 5.74) is 7.73. The number of nitrogen functional groups attached to an aromatic ring is 1. The lowest BCUT2D eigenvalue weighted by atomic mass is 10.1. The zero-order valence-corrected chi connectivity index (χ0v) is 12.3. The molecule has 1 aromatic carbocycles. The van der Waals surface area contributed by atoms with Crippen LogP contribution in [-0.4, -0.2) is 15.0 Å². The summed E-state index contributed by atoms with van der Waals surface area (Å²) in [6.45, 7) is 8.21. The fourth-order valence-electron chi connectivity index (χ4n) is 1.72. The molecule has 18 heavy (non-hydrogen) atoms. The van der Waals surface area contributed by atoms with E-state index in [1.165, 1.54) is 0 Å². The smallest absolute Gasteiger partial charge is 0.242 e. The van der Waals surface area contributed by atoms with Gasteiger partial charge in [0.1, 0.15) is 4.90 Å². The number of benzene rings is 1. The van der Waals surface area contributed by atoms with Gasteiger partial charge in [0.15, 0.2) is 0 Å². The summed E-state index contributed by atoms with van der Waals surface area (Å²) in [6, 6.07) is 3.47. The number of sulfonamides is 1. The maximum absolute atomic E-state index is 12.2. The fourth-order valence-corrected chi connectivity index (χ4v) is 3.20. The topological polar surface area (TPSA) is 72.2 Å². The van der Waals surface area contributed by atoms with Crippen molar-refractivity contribution >= 4 is 15.7 Å². The Hall–Kier alpha value is -1.07. The van der Waals surface area contributed by atoms with Crippen LogP contribution in [0.25, 0.3) is 0 Å². The Kier molecular flexibility index (Phi) is 4.76. The van der Waals surface area contributed by atoms with E-state index in [9.17, 15) is 8.42 Å². The van der Waals surface area contributed by atoms with E-state index in [4.69, 9.17) is 5.73 Å². The molecule has 0 bridgehead atoms. The first kappa shape index (κ1) is 15.0. The van der Waals surface area contributed by atoms with Gasteiger partial charge >= 0.3 is 0 Å². The molecular formula is C13H22N2O2S. The van der Waals surface area contributed by atoms with E-state index < -0.39 is 10.0 Å². The van der Waals surface area contributed by atoms with Crippen molar-refractivity contribution in [3.63, 3.8) is 0 Å². The number of nitrogens with two attached hydrogens (primary N) is 1. The first-order valence-corrected chi connectivity index (χ1v) is 7.59. The quantitative estimate of drug-likeness (QED) is 0.806. The van der Waals surface area contributed by atoms with Crippen LogP contribution in [0.3, 0.4) is 0 Å². The van der Waals surface area contributed by atoms with Gasteiger partial charge in [-0.3, -0.25) is 0 Å². The van der Waals surface area contributed by atoms with Crippen LogP contribution in [0, 0.1) is 19.8 Å². The molecular weight excluding hydrogens is 248 g/mol. The second kappa shape index (κ2) is 5.71. The lowest BCUT2D eigenvalue weighted by Crippen LogP contribution is -2.27. The molecule has 0 aromatic heterocycles. The summed E-state index contributed by atoms with van der Waals surface area (Å²) in [7, 11) is -3.51. The average molecular weight is 270 g/mol. The van der Waals surface area contributed by atoms with Gasteiger partial charge in [0, 0.05) is 6.54 Å². The standard InChI is InChI=1S/C13H22N2O2S/c1-9(2)7-8-15-18(16,17)13-11(4)10(3)5-6-12(13)14/h5-6,9,15H,7-8,14H2,1-4H3. The minimum atomic E-state index is -3.51. The Labute approximate surface area is 110 Å². The molecule has 0 aliphatic rings. The van der Waals surface area contributed by atoms with E-state index in [-0.39, 0.29) is 4.90 Å². The van der Waals surface area contributed by atoms with Crippen molar-refractivity contribution in [1.29, 1.82) is 0 Å². The molecule has 102 valence electrons. The summed E-state index contributed by atoms with van der Waals surface area (Å²) in [4.78, 5) is 0.214. The van der Waals surface area contributed by atoms with Gasteiger partial charge in [0.25, 0.3) is 0 Å². The summed E-state index contributed by atoms with van der Waals surface area (Å²) in [5.74, 6) is 0.462. The molecule has 3 N–H and O–H groups in total. The second-order valence-corrected chi connectivity index (χ2v) is 6.71. The minimum absolute atomic E-state index is 0.214. The van der Waals surface area contributed by atoms with Gasteiger partial charge in [0.05, 0.1) is 5.69 Å². The zero-order chi connectivity index (χ0) is 13.9. The summed E-state index contributed by atoms with van der Waals surface area (Å²) >= 11 is 0. The Balaban J connectivity index is 3.02. The van der Waals surface area contributed by atoms with Gasteiger partial charge in [0.2, 0.25) is 10.0 Å². The third kappa shape index (κ3) is 3.46. The van der Waals surface area contributed by atoms with Crippen molar-refractivity contribution in [2.45, 2.75) is 39.0 Å². The normalized spacial score (nSPS) is 12.1. The first-order valence-electron chi connectivity index (χ1n) is 6.11. The Morgan fingerprint density at radius 3 is 2.44 bits per heavy atom. The highest BCUT2D eigenvalue weighted by Gasteiger charge is 2.20. The molecule has 0 unspecified atom stereocenters. The molecule has 0 saturated carbocycles. The molecule has 4 nitrogen and oxygen atoms in total. The predicted molar refractivity (Wildman–Crippen MR) is 75.0 cm³/mol. The highest BCUT2D eigenvalue weighted by molar-refractivity contribution is 7.89. The number of hydrogen-bond acceptors (Lipinski definition) is 3. The monoisotopic (exact) mass is 270 g/mol. The van der Waals surface area contributed by atoms with Gasteiger partial charge in [-0.05, 0) is 43.4 Å². The molecule has 5 heteroatoms. The molecule has 0 radical (unpaired) electrons. The average Bonchev–Trinajstić information content (AvgIpc) is 2.23. The van der Waals surface area contributed by atoms with E-state index in [1.807, 2.05) is 13.0 Å². The molecule has 0 aliphatic carbocycles. The van der Waals surface area contributed by atoms with E-state index in [1.54, 1.807) is 13.0 Å². The van der Waals surface area contributed by atoms with Crippen LogP contribution in [0.1, 0.15) is 31.4 Å². The lowest BCUT2D eigenvalue weighted by molar-refractivity contribution is 0.551. The molecule has 0 spiro atoms. The minimum Gasteiger partial charge on any atom is -0.398 e. The van der Waals surface area contributed by atoms with Gasteiger partial charge in [-0.1, -0.05) is 19.9 Å². The van der Waals surface area contributed by atoms with Gasteiger partial charge in [-0.2, -0.15) is 0 Å². The van der Waals surface area contributed by atoms with Crippen molar-refractivity contribution in [2.75, 3.05) is 12.3 Å². The van der Waals surface area contributed by atoms with Gasteiger partial charge in [-0.25, -0.2) is 13.1 Å². The third-order valence-electron chi connectivity index (χ3n) is 2.99. The number of nitrogens with one attached hydrogen (secondary N) is 1. The molecule has 0 atom stereocenters. The maximum Gasteiger partial charge on any atom is 0.242 e. The first-order chi connectivity index (χ1) is 8.25. The van der Waals surface area contributed by atoms with Crippen LogP contribution in [0.15, 0.2) is 17.0 Å². The molecule has 1 aromatic rings. The lowest BCUT2D eigenvalue weighted by Gasteiger charge is -2.14. The Morgan fingerprint density at radius 1 is 1.28 bits per heavy atom. The molecule has 0 aliphatic heterocycles. The molecule has 1 rings (SSSR count). The van der Waals surface area contributed by atoms with Gasteiger partial charge in [-0.15, -0.1) is 0 Å². The second-order valence-electron chi connectivity index (χ2n) is 5.01. The van der Waals surface area contributed by atoms with Gasteiger partial charge < -0.3 is 5.73 Å². The SMILES string of the molecule is Cc1ccc(N)c(S(=O)(=O)NCCC(C)C)c1C. The molecule has 0 amide bonds. The number of hydrogen-bond donors (Lipinski definition) is 2. The number of rotatable bonds is 5. The number of aryl methyl sites for hydroxylation is 1. The van der Waals surface area contributed by atoms with Crippen molar-refractivity contribution < 1.29 is 8.42 Å².